The van der Waals surface area contributed by atoms with Crippen molar-refractivity contribution >= 4 is 23.2 Å². The lowest BCUT2D eigenvalue weighted by Gasteiger charge is -2.32. The fourth-order valence-corrected chi connectivity index (χ4v) is 5.05. The zero-order valence-corrected chi connectivity index (χ0v) is 15.7. The summed E-state index contributed by atoms with van der Waals surface area (Å²) in [6.45, 7) is 1.42. The van der Waals surface area contributed by atoms with Gasteiger partial charge in [-0.2, -0.15) is 0 Å². The average molecular weight is 369 g/mol. The first kappa shape index (κ1) is 17.3. The number of amides is 2. The van der Waals surface area contributed by atoms with Crippen LogP contribution in [-0.2, 0) is 12.8 Å². The van der Waals surface area contributed by atoms with Crippen LogP contribution in [0.1, 0.15) is 56.8 Å². The number of carbonyl (C=O) groups is 2. The molecule has 2 heterocycles. The monoisotopic (exact) mass is 368 g/mol. The molecule has 2 aromatic rings. The van der Waals surface area contributed by atoms with Gasteiger partial charge in [-0.05, 0) is 56.2 Å². The average Bonchev–Trinajstić information content (AvgIpc) is 3.13. The van der Waals surface area contributed by atoms with Crippen LogP contribution >= 0.6 is 11.3 Å². The number of nitrogens with zero attached hydrogens (tertiary/aromatic N) is 1. The van der Waals surface area contributed by atoms with Crippen LogP contribution < -0.4 is 5.32 Å². The number of thiophene rings is 1. The molecular weight excluding hydrogens is 344 g/mol. The molecule has 1 aromatic heterocycles. The van der Waals surface area contributed by atoms with E-state index in [9.17, 15) is 9.59 Å². The highest BCUT2D eigenvalue weighted by Gasteiger charge is 2.28. The molecule has 0 spiro atoms. The number of aryl methyl sites for hydroxylation is 1. The Bertz CT molecular complexity index is 792. The Labute approximate surface area is 158 Å². The second-order valence-electron chi connectivity index (χ2n) is 7.16. The van der Waals surface area contributed by atoms with Gasteiger partial charge in [0.15, 0.2) is 0 Å². The molecule has 0 saturated carbocycles. The molecule has 1 aromatic carbocycles. The second-order valence-corrected chi connectivity index (χ2v) is 8.13. The predicted octanol–water partition coefficient (Wildman–Crippen LogP) is 3.66. The van der Waals surface area contributed by atoms with E-state index >= 15 is 0 Å². The van der Waals surface area contributed by atoms with Crippen LogP contribution in [-0.4, -0.2) is 35.8 Å². The topological polar surface area (TPSA) is 49.4 Å². The molecule has 0 atom stereocenters. The smallest absolute Gasteiger partial charge is 0.254 e. The number of benzene rings is 1. The summed E-state index contributed by atoms with van der Waals surface area (Å²) < 4.78 is 0. The highest BCUT2D eigenvalue weighted by atomic mass is 32.1. The summed E-state index contributed by atoms with van der Waals surface area (Å²) in [5, 5.41) is 5.16. The lowest BCUT2D eigenvalue weighted by Crippen LogP contribution is -2.46. The predicted molar refractivity (Wildman–Crippen MR) is 104 cm³/mol. The normalized spacial score (nSPS) is 17.6. The van der Waals surface area contributed by atoms with Gasteiger partial charge in [0.1, 0.15) is 0 Å². The molecule has 1 aliphatic carbocycles. The van der Waals surface area contributed by atoms with Crippen LogP contribution in [0.5, 0.6) is 0 Å². The molecular formula is C21H24N2O2S. The summed E-state index contributed by atoms with van der Waals surface area (Å²) in [5.74, 6) is 0.152. The van der Waals surface area contributed by atoms with Gasteiger partial charge in [0.25, 0.3) is 11.8 Å². The van der Waals surface area contributed by atoms with Crippen molar-refractivity contribution in [1.29, 1.82) is 0 Å². The number of hydrogen-bond donors (Lipinski definition) is 1. The van der Waals surface area contributed by atoms with E-state index in [4.69, 9.17) is 0 Å². The second kappa shape index (κ2) is 7.62. The van der Waals surface area contributed by atoms with Crippen molar-refractivity contribution < 1.29 is 9.59 Å². The molecule has 1 saturated heterocycles. The van der Waals surface area contributed by atoms with Gasteiger partial charge in [-0.1, -0.05) is 18.2 Å². The Morgan fingerprint density at radius 3 is 2.54 bits per heavy atom. The van der Waals surface area contributed by atoms with E-state index in [-0.39, 0.29) is 17.9 Å². The number of piperidine rings is 1. The molecule has 0 bridgehead atoms. The molecule has 1 fully saturated rings. The van der Waals surface area contributed by atoms with Crippen LogP contribution in [0.4, 0.5) is 0 Å². The largest absolute Gasteiger partial charge is 0.349 e. The summed E-state index contributed by atoms with van der Waals surface area (Å²) in [5.41, 5.74) is 2.91. The number of fused-ring (bicyclic) bond motifs is 1. The zero-order chi connectivity index (χ0) is 17.9. The van der Waals surface area contributed by atoms with Crippen LogP contribution in [0.2, 0.25) is 0 Å². The number of hydrogen-bond acceptors (Lipinski definition) is 3. The lowest BCUT2D eigenvalue weighted by molar-refractivity contribution is 0.0697. The van der Waals surface area contributed by atoms with Crippen LogP contribution in [0.25, 0.3) is 0 Å². The van der Waals surface area contributed by atoms with Crippen molar-refractivity contribution in [3.05, 3.63) is 57.3 Å². The van der Waals surface area contributed by atoms with Gasteiger partial charge in [-0.15, -0.1) is 11.3 Å². The van der Waals surface area contributed by atoms with Gasteiger partial charge < -0.3 is 10.2 Å². The first-order chi connectivity index (χ1) is 12.7. The molecule has 2 amide bonds. The number of carbonyl (C=O) groups excluding carboxylic acids is 2. The highest BCUT2D eigenvalue weighted by molar-refractivity contribution is 7.10. The van der Waals surface area contributed by atoms with Gasteiger partial charge in [0, 0.05) is 35.0 Å². The molecule has 5 heteroatoms. The molecule has 1 N–H and O–H groups in total. The van der Waals surface area contributed by atoms with E-state index in [0.717, 1.165) is 31.2 Å². The summed E-state index contributed by atoms with van der Waals surface area (Å²) in [6, 6.07) is 9.45. The standard InChI is InChI=1S/C21H24N2O2S/c24-20(15-6-2-1-3-7-15)22-16-10-12-23(13-11-16)21(25)18-14-26-19-9-5-4-8-17(18)19/h1-3,6-7,14,16H,4-5,8-13H2,(H,22,24). The lowest BCUT2D eigenvalue weighted by atomic mass is 9.95. The zero-order valence-electron chi connectivity index (χ0n) is 14.9. The Hall–Kier alpha value is -2.14. The molecule has 2 aliphatic rings. The third kappa shape index (κ3) is 3.54. The van der Waals surface area contributed by atoms with Crippen molar-refractivity contribution in [2.75, 3.05) is 13.1 Å². The van der Waals surface area contributed by atoms with Crippen molar-refractivity contribution in [2.45, 2.75) is 44.6 Å². The summed E-state index contributed by atoms with van der Waals surface area (Å²) >= 11 is 1.75. The molecule has 136 valence electrons. The van der Waals surface area contributed by atoms with Gasteiger partial charge in [0.05, 0.1) is 5.56 Å². The molecule has 0 radical (unpaired) electrons. The maximum atomic E-state index is 12.9. The van der Waals surface area contributed by atoms with Crippen LogP contribution in [0, 0.1) is 0 Å². The van der Waals surface area contributed by atoms with Crippen LogP contribution in [0.15, 0.2) is 35.7 Å². The first-order valence-corrected chi connectivity index (χ1v) is 10.3. The van der Waals surface area contributed by atoms with E-state index in [0.29, 0.717) is 18.7 Å². The van der Waals surface area contributed by atoms with E-state index in [1.54, 1.807) is 11.3 Å². The van der Waals surface area contributed by atoms with E-state index in [1.165, 1.54) is 23.3 Å². The fraction of sp³-hybridized carbons (Fsp3) is 0.429. The Morgan fingerprint density at radius 2 is 1.77 bits per heavy atom. The Morgan fingerprint density at radius 1 is 1.04 bits per heavy atom. The van der Waals surface area contributed by atoms with Gasteiger partial charge >= 0.3 is 0 Å². The van der Waals surface area contributed by atoms with Crippen molar-refractivity contribution in [1.82, 2.24) is 10.2 Å². The maximum Gasteiger partial charge on any atom is 0.254 e. The van der Waals surface area contributed by atoms with Crippen molar-refractivity contribution in [2.24, 2.45) is 0 Å². The van der Waals surface area contributed by atoms with Gasteiger partial charge in [-0.3, -0.25) is 9.59 Å². The minimum Gasteiger partial charge on any atom is -0.349 e. The minimum atomic E-state index is -0.0257. The molecule has 0 unspecified atom stereocenters. The summed E-state index contributed by atoms with van der Waals surface area (Å²) in [6.07, 6.45) is 6.24. The first-order valence-electron chi connectivity index (χ1n) is 9.47. The number of likely N-dealkylation sites (tertiary alicyclic amines) is 1. The number of nitrogens with one attached hydrogen (secondary N) is 1. The minimum absolute atomic E-state index is 0.0257. The summed E-state index contributed by atoms with van der Waals surface area (Å²) in [7, 11) is 0. The Balaban J connectivity index is 1.34. The van der Waals surface area contributed by atoms with Gasteiger partial charge in [-0.25, -0.2) is 0 Å². The highest BCUT2D eigenvalue weighted by Crippen LogP contribution is 2.31. The molecule has 26 heavy (non-hydrogen) atoms. The third-order valence-electron chi connectivity index (χ3n) is 5.45. The maximum absolute atomic E-state index is 12.9. The summed E-state index contributed by atoms with van der Waals surface area (Å²) in [4.78, 5) is 28.6. The van der Waals surface area contributed by atoms with Crippen molar-refractivity contribution in [3.63, 3.8) is 0 Å². The molecule has 4 nitrogen and oxygen atoms in total. The van der Waals surface area contributed by atoms with E-state index in [2.05, 4.69) is 10.7 Å². The van der Waals surface area contributed by atoms with Gasteiger partial charge in [0.2, 0.25) is 0 Å². The molecule has 4 rings (SSSR count). The van der Waals surface area contributed by atoms with E-state index in [1.807, 2.05) is 35.2 Å². The SMILES string of the molecule is O=C(NC1CCN(C(=O)c2csc3c2CCCC3)CC1)c1ccccc1. The third-order valence-corrected chi connectivity index (χ3v) is 6.53. The van der Waals surface area contributed by atoms with Crippen molar-refractivity contribution in [3.8, 4) is 0 Å². The van der Waals surface area contributed by atoms with Crippen LogP contribution in [0.3, 0.4) is 0 Å². The molecule has 1 aliphatic heterocycles. The fourth-order valence-electron chi connectivity index (χ4n) is 3.93. The Kier molecular flexibility index (Phi) is 5.07. The number of rotatable bonds is 3. The quantitative estimate of drug-likeness (QED) is 0.899. The van der Waals surface area contributed by atoms with E-state index < -0.39 is 0 Å².